The number of ether oxygens (including phenoxy) is 1. The van der Waals surface area contributed by atoms with Crippen LogP contribution < -0.4 is 10.2 Å². The van der Waals surface area contributed by atoms with Crippen molar-refractivity contribution in [3.05, 3.63) is 59.7 Å². The van der Waals surface area contributed by atoms with Crippen LogP contribution in [0.3, 0.4) is 0 Å². The van der Waals surface area contributed by atoms with Crippen molar-refractivity contribution in [1.29, 1.82) is 0 Å². The highest BCUT2D eigenvalue weighted by atomic mass is 16.5. The van der Waals surface area contributed by atoms with Crippen LogP contribution in [0.15, 0.2) is 53.6 Å². The molecule has 0 saturated carbocycles. The maximum atomic E-state index is 10.8. The zero-order valence-electron chi connectivity index (χ0n) is 14.1. The molecule has 2 aromatic carbocycles. The Hall–Kier alpha value is -2.82. The van der Waals surface area contributed by atoms with Gasteiger partial charge in [-0.3, -0.25) is 5.43 Å². The van der Waals surface area contributed by atoms with Crippen molar-refractivity contribution in [1.82, 2.24) is 0 Å². The molecular formula is C19H22N2O3. The van der Waals surface area contributed by atoms with Gasteiger partial charge in [0, 0.05) is 0 Å². The van der Waals surface area contributed by atoms with Gasteiger partial charge >= 0.3 is 5.97 Å². The fraction of sp³-hybridized carbons (Fsp3) is 0.263. The van der Waals surface area contributed by atoms with Crippen LogP contribution in [0.25, 0.3) is 0 Å². The van der Waals surface area contributed by atoms with Crippen LogP contribution >= 0.6 is 0 Å². The average Bonchev–Trinajstić information content (AvgIpc) is 2.58. The van der Waals surface area contributed by atoms with E-state index in [2.05, 4.69) is 24.4 Å². The van der Waals surface area contributed by atoms with Crippen LogP contribution in [0.4, 0.5) is 5.69 Å². The van der Waals surface area contributed by atoms with E-state index in [4.69, 9.17) is 9.84 Å². The third-order valence-electron chi connectivity index (χ3n) is 3.34. The standard InChI is InChI=1S/C19H22N2O3/c1-13(2)12-24-18-10-6-15(7-11-18)14(3)20-21-17-8-4-16(5-9-17)19(22)23/h4-11,13,21H,12H2,1-3H3,(H,22,23)/b20-14-. The fourth-order valence-electron chi connectivity index (χ4n) is 1.96. The molecule has 0 fully saturated rings. The molecule has 0 aliphatic carbocycles. The molecule has 0 aliphatic rings. The van der Waals surface area contributed by atoms with Gasteiger partial charge in [-0.2, -0.15) is 5.10 Å². The van der Waals surface area contributed by atoms with Crippen LogP contribution in [0.1, 0.15) is 36.7 Å². The highest BCUT2D eigenvalue weighted by molar-refractivity contribution is 5.99. The molecule has 24 heavy (non-hydrogen) atoms. The van der Waals surface area contributed by atoms with Crippen molar-refractivity contribution in [3.8, 4) is 5.75 Å². The van der Waals surface area contributed by atoms with Gasteiger partial charge < -0.3 is 9.84 Å². The number of hydrogen-bond acceptors (Lipinski definition) is 4. The number of nitrogens with one attached hydrogen (secondary N) is 1. The summed E-state index contributed by atoms with van der Waals surface area (Å²) >= 11 is 0. The Morgan fingerprint density at radius 3 is 2.21 bits per heavy atom. The van der Waals surface area contributed by atoms with Gasteiger partial charge in [0.15, 0.2) is 0 Å². The normalized spacial score (nSPS) is 11.4. The Morgan fingerprint density at radius 1 is 1.08 bits per heavy atom. The topological polar surface area (TPSA) is 70.9 Å². The molecule has 0 aliphatic heterocycles. The summed E-state index contributed by atoms with van der Waals surface area (Å²) in [7, 11) is 0. The van der Waals surface area contributed by atoms with E-state index in [-0.39, 0.29) is 5.56 Å². The van der Waals surface area contributed by atoms with E-state index in [1.165, 1.54) is 12.1 Å². The zero-order valence-corrected chi connectivity index (χ0v) is 14.1. The molecule has 126 valence electrons. The predicted molar refractivity (Wildman–Crippen MR) is 96.0 cm³/mol. The van der Waals surface area contributed by atoms with E-state index in [0.29, 0.717) is 12.5 Å². The minimum absolute atomic E-state index is 0.248. The molecule has 0 bridgehead atoms. The Morgan fingerprint density at radius 2 is 1.67 bits per heavy atom. The molecule has 2 aromatic rings. The number of hydrazone groups is 1. The lowest BCUT2D eigenvalue weighted by molar-refractivity contribution is 0.0697. The molecular weight excluding hydrogens is 304 g/mol. The number of rotatable bonds is 7. The van der Waals surface area contributed by atoms with Gasteiger partial charge in [0.05, 0.1) is 23.6 Å². The molecule has 0 radical (unpaired) electrons. The smallest absolute Gasteiger partial charge is 0.335 e. The third kappa shape index (κ3) is 5.12. The van der Waals surface area contributed by atoms with Crippen LogP contribution in [0, 0.1) is 5.92 Å². The second-order valence-electron chi connectivity index (χ2n) is 5.92. The zero-order chi connectivity index (χ0) is 17.5. The van der Waals surface area contributed by atoms with Gasteiger partial charge in [-0.1, -0.05) is 13.8 Å². The number of carboxylic acids is 1. The molecule has 0 amide bonds. The maximum absolute atomic E-state index is 10.8. The Balaban J connectivity index is 1.98. The monoisotopic (exact) mass is 326 g/mol. The maximum Gasteiger partial charge on any atom is 0.335 e. The Kier molecular flexibility index (Phi) is 5.95. The summed E-state index contributed by atoms with van der Waals surface area (Å²) in [6, 6.07) is 14.2. The minimum Gasteiger partial charge on any atom is -0.493 e. The quantitative estimate of drug-likeness (QED) is 0.589. The molecule has 2 N–H and O–H groups in total. The van der Waals surface area contributed by atoms with E-state index in [1.54, 1.807) is 12.1 Å². The van der Waals surface area contributed by atoms with Crippen molar-refractivity contribution in [2.75, 3.05) is 12.0 Å². The first kappa shape index (κ1) is 17.5. The second kappa shape index (κ2) is 8.15. The van der Waals surface area contributed by atoms with E-state index in [0.717, 1.165) is 22.7 Å². The Labute approximate surface area is 142 Å². The first-order valence-electron chi connectivity index (χ1n) is 7.82. The van der Waals surface area contributed by atoms with Gasteiger partial charge in [-0.05, 0) is 66.9 Å². The third-order valence-corrected chi connectivity index (χ3v) is 3.34. The Bertz CT molecular complexity index is 704. The summed E-state index contributed by atoms with van der Waals surface area (Å²) in [6.07, 6.45) is 0. The number of benzene rings is 2. The van der Waals surface area contributed by atoms with Gasteiger partial charge in [0.2, 0.25) is 0 Å². The van der Waals surface area contributed by atoms with E-state index in [1.807, 2.05) is 31.2 Å². The number of aromatic carboxylic acids is 1. The van der Waals surface area contributed by atoms with Crippen LogP contribution in [0.5, 0.6) is 5.75 Å². The lowest BCUT2D eigenvalue weighted by Crippen LogP contribution is -2.05. The van der Waals surface area contributed by atoms with Crippen molar-refractivity contribution < 1.29 is 14.6 Å². The molecule has 5 nitrogen and oxygen atoms in total. The summed E-state index contributed by atoms with van der Waals surface area (Å²) in [4.78, 5) is 10.8. The van der Waals surface area contributed by atoms with Crippen LogP contribution in [-0.4, -0.2) is 23.4 Å². The van der Waals surface area contributed by atoms with E-state index in [9.17, 15) is 4.79 Å². The first-order chi connectivity index (χ1) is 11.5. The summed E-state index contributed by atoms with van der Waals surface area (Å²) in [5.74, 6) is 0.392. The minimum atomic E-state index is -0.944. The number of anilines is 1. The molecule has 0 atom stereocenters. The summed E-state index contributed by atoms with van der Waals surface area (Å²) in [6.45, 7) is 6.82. The van der Waals surface area contributed by atoms with E-state index >= 15 is 0 Å². The predicted octanol–water partition coefficient (Wildman–Crippen LogP) is 4.26. The molecule has 0 spiro atoms. The highest BCUT2D eigenvalue weighted by Gasteiger charge is 2.02. The lowest BCUT2D eigenvalue weighted by atomic mass is 10.1. The average molecular weight is 326 g/mol. The second-order valence-corrected chi connectivity index (χ2v) is 5.92. The van der Waals surface area contributed by atoms with Gasteiger partial charge in [-0.15, -0.1) is 0 Å². The highest BCUT2D eigenvalue weighted by Crippen LogP contribution is 2.15. The van der Waals surface area contributed by atoms with Gasteiger partial charge in [0.25, 0.3) is 0 Å². The van der Waals surface area contributed by atoms with E-state index < -0.39 is 5.97 Å². The van der Waals surface area contributed by atoms with Crippen molar-refractivity contribution in [2.45, 2.75) is 20.8 Å². The van der Waals surface area contributed by atoms with Crippen molar-refractivity contribution in [2.24, 2.45) is 11.0 Å². The summed E-state index contributed by atoms with van der Waals surface area (Å²) < 4.78 is 5.66. The van der Waals surface area contributed by atoms with Crippen LogP contribution in [-0.2, 0) is 0 Å². The summed E-state index contributed by atoms with van der Waals surface area (Å²) in [5, 5.41) is 13.2. The first-order valence-corrected chi connectivity index (χ1v) is 7.82. The van der Waals surface area contributed by atoms with Crippen molar-refractivity contribution in [3.63, 3.8) is 0 Å². The molecule has 0 saturated heterocycles. The SMILES string of the molecule is C/C(=N/Nc1ccc(C(=O)O)cc1)c1ccc(OCC(C)C)cc1. The fourth-order valence-corrected chi connectivity index (χ4v) is 1.96. The molecule has 2 rings (SSSR count). The van der Waals surface area contributed by atoms with Gasteiger partial charge in [-0.25, -0.2) is 4.79 Å². The number of carboxylic acid groups (broad SMARTS) is 1. The molecule has 0 unspecified atom stereocenters. The molecule has 0 heterocycles. The summed E-state index contributed by atoms with van der Waals surface area (Å²) in [5.41, 5.74) is 5.72. The molecule has 5 heteroatoms. The molecule has 0 aromatic heterocycles. The number of hydrogen-bond donors (Lipinski definition) is 2. The number of carbonyl (C=O) groups is 1. The van der Waals surface area contributed by atoms with Crippen molar-refractivity contribution >= 4 is 17.4 Å². The number of nitrogens with zero attached hydrogens (tertiary/aromatic N) is 1. The lowest BCUT2D eigenvalue weighted by Gasteiger charge is -2.09. The van der Waals surface area contributed by atoms with Crippen LogP contribution in [0.2, 0.25) is 0 Å². The van der Waals surface area contributed by atoms with Gasteiger partial charge in [0.1, 0.15) is 5.75 Å². The largest absolute Gasteiger partial charge is 0.493 e.